The molecule has 0 unspecified atom stereocenters. The molecule has 1 aliphatic rings. The Morgan fingerprint density at radius 1 is 0.848 bits per heavy atom. The van der Waals surface area contributed by atoms with Gasteiger partial charge in [-0.3, -0.25) is 14.4 Å². The first-order valence-corrected chi connectivity index (χ1v) is 15.9. The molecule has 1 saturated carbocycles. The Bertz CT molecular complexity index is 1310. The summed E-state index contributed by atoms with van der Waals surface area (Å²) in [6.45, 7) is 3.87. The van der Waals surface area contributed by atoms with Gasteiger partial charge in [0.25, 0.3) is 0 Å². The number of hydrogen-bond acceptors (Lipinski definition) is 7. The van der Waals surface area contributed by atoms with Gasteiger partial charge in [0, 0.05) is 25.0 Å². The van der Waals surface area contributed by atoms with E-state index in [4.69, 9.17) is 15.2 Å². The van der Waals surface area contributed by atoms with E-state index in [1.54, 1.807) is 0 Å². The van der Waals surface area contributed by atoms with Crippen LogP contribution in [0, 0.1) is 5.92 Å². The number of rotatable bonds is 17. The minimum Gasteiger partial charge on any atom is -0.459 e. The van der Waals surface area contributed by atoms with Gasteiger partial charge in [-0.2, -0.15) is 0 Å². The first-order chi connectivity index (χ1) is 22.1. The quantitative estimate of drug-likeness (QED) is 0.152. The van der Waals surface area contributed by atoms with Crippen molar-refractivity contribution in [1.82, 2.24) is 16.0 Å². The van der Waals surface area contributed by atoms with E-state index in [2.05, 4.69) is 16.0 Å². The van der Waals surface area contributed by atoms with Gasteiger partial charge in [0.15, 0.2) is 0 Å². The molecule has 0 saturated heterocycles. The first kappa shape index (κ1) is 35.8. The molecule has 11 heteroatoms. The highest BCUT2D eigenvalue weighted by Crippen LogP contribution is 2.21. The van der Waals surface area contributed by atoms with Crippen LogP contribution in [0.3, 0.4) is 0 Å². The molecule has 2 aromatic rings. The monoisotopic (exact) mass is 634 g/mol. The smallest absolute Gasteiger partial charge is 0.408 e. The Morgan fingerprint density at radius 3 is 2.07 bits per heavy atom. The lowest BCUT2D eigenvalue weighted by molar-refractivity contribution is -0.142. The molecule has 0 heterocycles. The van der Waals surface area contributed by atoms with Crippen LogP contribution in [0.25, 0.3) is 0 Å². The third-order valence-electron chi connectivity index (χ3n) is 7.52. The van der Waals surface area contributed by atoms with E-state index in [0.717, 1.165) is 36.8 Å². The number of nitrogens with two attached hydrogens (primary N) is 1. The number of ether oxygens (including phenoxy) is 2. The van der Waals surface area contributed by atoms with E-state index in [1.165, 1.54) is 12.2 Å². The Labute approximate surface area is 270 Å². The van der Waals surface area contributed by atoms with Crippen molar-refractivity contribution in [1.29, 1.82) is 0 Å². The van der Waals surface area contributed by atoms with Gasteiger partial charge in [0.2, 0.25) is 17.7 Å². The molecule has 4 amide bonds. The Balaban J connectivity index is 1.72. The largest absolute Gasteiger partial charge is 0.459 e. The molecule has 5 N–H and O–H groups in total. The maximum Gasteiger partial charge on any atom is 0.408 e. The van der Waals surface area contributed by atoms with Crippen LogP contribution in [0.4, 0.5) is 4.79 Å². The van der Waals surface area contributed by atoms with Gasteiger partial charge in [-0.05, 0) is 55.6 Å². The fourth-order valence-corrected chi connectivity index (χ4v) is 5.14. The van der Waals surface area contributed by atoms with Crippen LogP contribution < -0.4 is 21.7 Å². The maximum absolute atomic E-state index is 13.7. The molecule has 3 atom stereocenters. The second-order valence-electron chi connectivity index (χ2n) is 12.0. The summed E-state index contributed by atoms with van der Waals surface area (Å²) in [6.07, 6.45) is 6.08. The van der Waals surface area contributed by atoms with Crippen LogP contribution in [0.2, 0.25) is 0 Å². The minimum absolute atomic E-state index is 0.0336. The Hall–Kier alpha value is -4.67. The summed E-state index contributed by atoms with van der Waals surface area (Å²) < 4.78 is 10.8. The zero-order chi connectivity index (χ0) is 33.3. The molecule has 11 nitrogen and oxygen atoms in total. The summed E-state index contributed by atoms with van der Waals surface area (Å²) >= 11 is 0. The number of carbonyl (C=O) groups is 5. The molecular weight excluding hydrogens is 588 g/mol. The number of amides is 4. The van der Waals surface area contributed by atoms with Crippen molar-refractivity contribution in [3.05, 3.63) is 83.9 Å². The molecule has 248 valence electrons. The Kier molecular flexibility index (Phi) is 14.8. The van der Waals surface area contributed by atoms with Gasteiger partial charge in [-0.1, -0.05) is 80.6 Å². The van der Waals surface area contributed by atoms with Gasteiger partial charge < -0.3 is 31.2 Å². The predicted molar refractivity (Wildman–Crippen MR) is 173 cm³/mol. The molecule has 0 aromatic heterocycles. The maximum atomic E-state index is 13.7. The van der Waals surface area contributed by atoms with E-state index in [9.17, 15) is 24.0 Å². The zero-order valence-corrected chi connectivity index (χ0v) is 26.6. The van der Waals surface area contributed by atoms with Crippen molar-refractivity contribution in [3.8, 4) is 0 Å². The third kappa shape index (κ3) is 13.5. The van der Waals surface area contributed by atoms with Gasteiger partial charge in [0.05, 0.1) is 0 Å². The number of nitrogens with one attached hydrogen (secondary N) is 3. The summed E-state index contributed by atoms with van der Waals surface area (Å²) in [6, 6.07) is 15.6. The van der Waals surface area contributed by atoms with Crippen molar-refractivity contribution in [2.45, 2.75) is 96.1 Å². The van der Waals surface area contributed by atoms with E-state index < -0.39 is 47.9 Å². The number of esters is 1. The summed E-state index contributed by atoms with van der Waals surface area (Å²) in [5, 5.41) is 8.29. The molecule has 1 aliphatic carbocycles. The van der Waals surface area contributed by atoms with Crippen LogP contribution in [-0.2, 0) is 41.7 Å². The van der Waals surface area contributed by atoms with Crippen molar-refractivity contribution >= 4 is 29.8 Å². The lowest BCUT2D eigenvalue weighted by Gasteiger charge is -2.25. The highest BCUT2D eigenvalue weighted by molar-refractivity contribution is 5.92. The molecule has 1 fully saturated rings. The van der Waals surface area contributed by atoms with E-state index >= 15 is 0 Å². The van der Waals surface area contributed by atoms with Crippen molar-refractivity contribution in [2.24, 2.45) is 11.7 Å². The summed E-state index contributed by atoms with van der Waals surface area (Å²) in [5.74, 6) is -2.13. The van der Waals surface area contributed by atoms with Crippen LogP contribution in [-0.4, -0.2) is 54.0 Å². The zero-order valence-electron chi connectivity index (χ0n) is 26.6. The molecule has 0 radical (unpaired) electrons. The highest BCUT2D eigenvalue weighted by atomic mass is 16.5. The minimum atomic E-state index is -1.04. The molecule has 2 aromatic carbocycles. The third-order valence-corrected chi connectivity index (χ3v) is 7.52. The van der Waals surface area contributed by atoms with E-state index in [-0.39, 0.29) is 37.9 Å². The standard InChI is InChI=1S/C35H46N4O7/c1-24(2)21-29(39-35(44)45-23-26-13-7-4-8-14-26)34(43)38-30(22-25-11-5-3-6-12-25)33(42)37-27(17-19-31(36)40)18-20-32(41)46-28-15-9-10-16-28/h3-8,11-14,18,20,24,27-30H,9-10,15-17,19,21-23H2,1-2H3,(H2,36,40)(H,37,42)(H,38,43)(H,39,44)/b20-18+/t27-,29-,30-/m0/s1. The van der Waals surface area contributed by atoms with Gasteiger partial charge in [0.1, 0.15) is 24.8 Å². The topological polar surface area (TPSA) is 166 Å². The van der Waals surface area contributed by atoms with Crippen LogP contribution >= 0.6 is 0 Å². The lowest BCUT2D eigenvalue weighted by Crippen LogP contribution is -2.55. The second-order valence-corrected chi connectivity index (χ2v) is 12.0. The SMILES string of the molecule is CC(C)C[C@H](NC(=O)OCc1ccccc1)C(=O)N[C@@H](Cc1ccccc1)C(=O)N[C@H](/C=C/C(=O)OC1CCCC1)CCC(N)=O. The van der Waals surface area contributed by atoms with E-state index in [1.807, 2.05) is 74.5 Å². The van der Waals surface area contributed by atoms with Gasteiger partial charge >= 0.3 is 12.1 Å². The molecule has 0 bridgehead atoms. The molecule has 0 aliphatic heterocycles. The highest BCUT2D eigenvalue weighted by Gasteiger charge is 2.29. The molecule has 0 spiro atoms. The molecule has 46 heavy (non-hydrogen) atoms. The number of alkyl carbamates (subject to hydrolysis) is 1. The van der Waals surface area contributed by atoms with E-state index in [0.29, 0.717) is 6.42 Å². The van der Waals surface area contributed by atoms with Crippen LogP contribution in [0.15, 0.2) is 72.8 Å². The van der Waals surface area contributed by atoms with Crippen molar-refractivity contribution < 1.29 is 33.4 Å². The average Bonchev–Trinajstić information content (AvgIpc) is 3.54. The van der Waals surface area contributed by atoms with Crippen LogP contribution in [0.5, 0.6) is 0 Å². The summed E-state index contributed by atoms with van der Waals surface area (Å²) in [7, 11) is 0. The number of carbonyl (C=O) groups excluding carboxylic acids is 5. The van der Waals surface area contributed by atoms with Gasteiger partial charge in [-0.15, -0.1) is 0 Å². The predicted octanol–water partition coefficient (Wildman–Crippen LogP) is 3.85. The molecule has 3 rings (SSSR count). The first-order valence-electron chi connectivity index (χ1n) is 15.9. The summed E-state index contributed by atoms with van der Waals surface area (Å²) in [4.78, 5) is 63.9. The van der Waals surface area contributed by atoms with Crippen molar-refractivity contribution in [2.75, 3.05) is 0 Å². The lowest BCUT2D eigenvalue weighted by atomic mass is 10.0. The Morgan fingerprint density at radius 2 is 1.46 bits per heavy atom. The van der Waals surface area contributed by atoms with Crippen molar-refractivity contribution in [3.63, 3.8) is 0 Å². The number of primary amides is 1. The number of benzene rings is 2. The van der Waals surface area contributed by atoms with Gasteiger partial charge in [-0.25, -0.2) is 9.59 Å². The fraction of sp³-hybridized carbons (Fsp3) is 0.457. The number of hydrogen-bond donors (Lipinski definition) is 4. The second kappa shape index (κ2) is 19.0. The average molecular weight is 635 g/mol. The fourth-order valence-electron chi connectivity index (χ4n) is 5.14. The van der Waals surface area contributed by atoms with Crippen LogP contribution in [0.1, 0.15) is 69.9 Å². The molecular formula is C35H46N4O7. The normalized spacial score (nSPS) is 15.1. The summed E-state index contributed by atoms with van der Waals surface area (Å²) in [5.41, 5.74) is 6.96.